The maximum absolute atomic E-state index is 5.14. The number of rotatable bonds is 3. The third kappa shape index (κ3) is 1.54. The molecule has 1 heterocycles. The quantitative estimate of drug-likeness (QED) is 0.609. The summed E-state index contributed by atoms with van der Waals surface area (Å²) in [6.07, 6.45) is 1.66. The molecule has 0 aromatic carbocycles. The second-order valence-corrected chi connectivity index (χ2v) is 2.00. The van der Waals surface area contributed by atoms with Crippen LogP contribution in [0.15, 0.2) is 6.33 Å². The van der Waals surface area contributed by atoms with Crippen molar-refractivity contribution in [3.63, 3.8) is 0 Å². The number of hydrogen-bond donors (Lipinski definition) is 0. The van der Waals surface area contributed by atoms with Crippen LogP contribution < -0.4 is 0 Å². The van der Waals surface area contributed by atoms with Crippen LogP contribution in [0.3, 0.4) is 0 Å². The fourth-order valence-electron chi connectivity index (χ4n) is 0.631. The Morgan fingerprint density at radius 1 is 1.70 bits per heavy atom. The van der Waals surface area contributed by atoms with Gasteiger partial charge in [0, 0.05) is 13.7 Å². The van der Waals surface area contributed by atoms with Crippen LogP contribution in [-0.4, -0.2) is 21.4 Å². The lowest BCUT2D eigenvalue weighted by Gasteiger charge is -1.98. The smallest absolute Gasteiger partial charge is 0.158 e. The average molecular weight is 141 g/mol. The molecule has 4 nitrogen and oxygen atoms in total. The number of aromatic nitrogens is 3. The summed E-state index contributed by atoms with van der Waals surface area (Å²) < 4.78 is 6.98. The molecular formula is C6H11N3O. The Kier molecular flexibility index (Phi) is 2.39. The number of ether oxygens (including phenoxy) is 1. The predicted molar refractivity (Wildman–Crippen MR) is 36.3 cm³/mol. The summed E-state index contributed by atoms with van der Waals surface area (Å²) in [4.78, 5) is 0. The zero-order valence-corrected chi connectivity index (χ0v) is 6.24. The van der Waals surface area contributed by atoms with Crippen molar-refractivity contribution in [2.45, 2.75) is 13.5 Å². The van der Waals surface area contributed by atoms with E-state index in [1.54, 1.807) is 6.33 Å². The first-order chi connectivity index (χ1) is 4.84. The monoisotopic (exact) mass is 141 g/mol. The molecule has 0 aliphatic heterocycles. The first-order valence-electron chi connectivity index (χ1n) is 3.25. The molecule has 0 bridgehead atoms. The summed E-state index contributed by atoms with van der Waals surface area (Å²) >= 11 is 0. The highest BCUT2D eigenvalue weighted by molar-refractivity contribution is 4.80. The molecule has 0 saturated carbocycles. The van der Waals surface area contributed by atoms with Crippen LogP contribution >= 0.6 is 0 Å². The highest BCUT2D eigenvalue weighted by atomic mass is 16.5. The molecule has 4 heteroatoms. The minimum atomic E-state index is 0.549. The van der Waals surface area contributed by atoms with Gasteiger partial charge in [0.2, 0.25) is 0 Å². The van der Waals surface area contributed by atoms with Gasteiger partial charge in [0.25, 0.3) is 0 Å². The molecule has 0 N–H and O–H groups in total. The lowest BCUT2D eigenvalue weighted by atomic mass is 10.6. The molecule has 0 aliphatic carbocycles. The van der Waals surface area contributed by atoms with Gasteiger partial charge in [0.15, 0.2) is 5.82 Å². The van der Waals surface area contributed by atoms with Gasteiger partial charge >= 0.3 is 0 Å². The van der Waals surface area contributed by atoms with Crippen LogP contribution in [0.1, 0.15) is 12.7 Å². The molecule has 0 atom stereocenters. The summed E-state index contributed by atoms with van der Waals surface area (Å²) in [5.41, 5.74) is 0. The van der Waals surface area contributed by atoms with Gasteiger partial charge in [-0.2, -0.15) is 0 Å². The Labute approximate surface area is 59.8 Å². The van der Waals surface area contributed by atoms with Crippen LogP contribution in [0.25, 0.3) is 0 Å². The molecule has 1 aromatic heterocycles. The van der Waals surface area contributed by atoms with E-state index in [-0.39, 0.29) is 0 Å². The fourth-order valence-corrected chi connectivity index (χ4v) is 0.631. The number of hydrogen-bond acceptors (Lipinski definition) is 3. The minimum absolute atomic E-state index is 0.549. The van der Waals surface area contributed by atoms with Gasteiger partial charge < -0.3 is 9.30 Å². The molecule has 0 radical (unpaired) electrons. The van der Waals surface area contributed by atoms with E-state index < -0.39 is 0 Å². The van der Waals surface area contributed by atoms with E-state index in [4.69, 9.17) is 4.74 Å². The molecule has 0 amide bonds. The van der Waals surface area contributed by atoms with Crippen molar-refractivity contribution in [2.75, 3.05) is 6.61 Å². The van der Waals surface area contributed by atoms with Crippen LogP contribution in [-0.2, 0) is 18.4 Å². The Morgan fingerprint density at radius 2 is 2.50 bits per heavy atom. The molecule has 0 saturated heterocycles. The van der Waals surface area contributed by atoms with Gasteiger partial charge in [-0.25, -0.2) is 0 Å². The van der Waals surface area contributed by atoms with Gasteiger partial charge in [0.1, 0.15) is 12.9 Å². The van der Waals surface area contributed by atoms with Crippen LogP contribution in [0.4, 0.5) is 0 Å². The highest BCUT2D eigenvalue weighted by Crippen LogP contribution is 1.92. The second-order valence-electron chi connectivity index (χ2n) is 2.00. The van der Waals surface area contributed by atoms with Crippen molar-refractivity contribution in [3.05, 3.63) is 12.2 Å². The van der Waals surface area contributed by atoms with Gasteiger partial charge in [0.05, 0.1) is 0 Å². The second kappa shape index (κ2) is 3.31. The average Bonchev–Trinajstić information content (AvgIpc) is 2.31. The zero-order valence-electron chi connectivity index (χ0n) is 6.24. The van der Waals surface area contributed by atoms with Crippen LogP contribution in [0.2, 0.25) is 0 Å². The topological polar surface area (TPSA) is 39.9 Å². The Hall–Kier alpha value is -0.900. The zero-order chi connectivity index (χ0) is 7.40. The van der Waals surface area contributed by atoms with Crippen molar-refractivity contribution >= 4 is 0 Å². The van der Waals surface area contributed by atoms with E-state index in [0.29, 0.717) is 13.2 Å². The van der Waals surface area contributed by atoms with E-state index in [0.717, 1.165) is 5.82 Å². The van der Waals surface area contributed by atoms with Crippen molar-refractivity contribution in [1.82, 2.24) is 14.8 Å². The third-order valence-electron chi connectivity index (χ3n) is 1.24. The molecule has 1 aromatic rings. The van der Waals surface area contributed by atoms with Gasteiger partial charge in [-0.15, -0.1) is 10.2 Å². The van der Waals surface area contributed by atoms with Gasteiger partial charge in [-0.1, -0.05) is 0 Å². The standard InChI is InChI=1S/C6H11N3O/c1-3-10-4-6-8-7-5-9(6)2/h5H,3-4H2,1-2H3. The fraction of sp³-hybridized carbons (Fsp3) is 0.667. The largest absolute Gasteiger partial charge is 0.374 e. The maximum Gasteiger partial charge on any atom is 0.158 e. The van der Waals surface area contributed by atoms with E-state index in [2.05, 4.69) is 10.2 Å². The highest BCUT2D eigenvalue weighted by Gasteiger charge is 1.97. The maximum atomic E-state index is 5.14. The first-order valence-corrected chi connectivity index (χ1v) is 3.25. The summed E-state index contributed by atoms with van der Waals surface area (Å²) in [6.45, 7) is 3.22. The molecule has 0 unspecified atom stereocenters. The molecule has 10 heavy (non-hydrogen) atoms. The lowest BCUT2D eigenvalue weighted by Crippen LogP contribution is -2.00. The van der Waals surface area contributed by atoms with Crippen molar-refractivity contribution in [1.29, 1.82) is 0 Å². The van der Waals surface area contributed by atoms with Gasteiger partial charge in [-0.3, -0.25) is 0 Å². The minimum Gasteiger partial charge on any atom is -0.374 e. The van der Waals surface area contributed by atoms with E-state index >= 15 is 0 Å². The molecule has 56 valence electrons. The van der Waals surface area contributed by atoms with Crippen molar-refractivity contribution in [3.8, 4) is 0 Å². The normalized spacial score (nSPS) is 10.2. The third-order valence-corrected chi connectivity index (χ3v) is 1.24. The Morgan fingerprint density at radius 3 is 3.00 bits per heavy atom. The lowest BCUT2D eigenvalue weighted by molar-refractivity contribution is 0.126. The first kappa shape index (κ1) is 7.21. The van der Waals surface area contributed by atoms with Crippen molar-refractivity contribution < 1.29 is 4.74 Å². The van der Waals surface area contributed by atoms with Crippen molar-refractivity contribution in [2.24, 2.45) is 7.05 Å². The molecular weight excluding hydrogens is 130 g/mol. The van der Waals surface area contributed by atoms with E-state index in [1.807, 2.05) is 18.5 Å². The summed E-state index contributed by atoms with van der Waals surface area (Å²) in [5, 5.41) is 7.55. The number of nitrogens with zero attached hydrogens (tertiary/aromatic N) is 3. The molecule has 0 aliphatic rings. The van der Waals surface area contributed by atoms with E-state index in [1.165, 1.54) is 0 Å². The number of aryl methyl sites for hydroxylation is 1. The Balaban J connectivity index is 2.49. The summed E-state index contributed by atoms with van der Waals surface area (Å²) in [6, 6.07) is 0. The summed E-state index contributed by atoms with van der Waals surface area (Å²) in [7, 11) is 1.90. The Bertz CT molecular complexity index is 197. The van der Waals surface area contributed by atoms with E-state index in [9.17, 15) is 0 Å². The van der Waals surface area contributed by atoms with Crippen LogP contribution in [0.5, 0.6) is 0 Å². The SMILES string of the molecule is CCOCc1nncn1C. The molecule has 0 fully saturated rings. The molecule has 0 spiro atoms. The molecule has 1 rings (SSSR count). The summed E-state index contributed by atoms with van der Waals surface area (Å²) in [5.74, 6) is 0.863. The van der Waals surface area contributed by atoms with Gasteiger partial charge in [-0.05, 0) is 6.92 Å². The van der Waals surface area contributed by atoms with Crippen LogP contribution in [0, 0.1) is 0 Å². The predicted octanol–water partition coefficient (Wildman–Crippen LogP) is 0.352.